The number of nitrogens with zero attached hydrogens (tertiary/aromatic N) is 2. The van der Waals surface area contributed by atoms with Gasteiger partial charge in [-0.05, 0) is 93.0 Å². The lowest BCUT2D eigenvalue weighted by molar-refractivity contribution is -0.107. The largest absolute Gasteiger partial charge is 0.351 e. The van der Waals surface area contributed by atoms with Crippen LogP contribution in [0.5, 0.6) is 0 Å². The van der Waals surface area contributed by atoms with E-state index in [0.29, 0.717) is 40.9 Å². The molecule has 0 bridgehead atoms. The number of allylic oxidation sites excluding steroid dienone is 6. The van der Waals surface area contributed by atoms with Crippen LogP contribution in [0.2, 0.25) is 5.02 Å². The second kappa shape index (κ2) is 13.8. The molecule has 4 rings (SSSR count). The van der Waals surface area contributed by atoms with Gasteiger partial charge in [0, 0.05) is 23.7 Å². The summed E-state index contributed by atoms with van der Waals surface area (Å²) < 4.78 is 0. The number of carbonyl (C=O) groups excluding carboxylic acids is 2. The minimum Gasteiger partial charge on any atom is -0.351 e. The van der Waals surface area contributed by atoms with Gasteiger partial charge in [-0.1, -0.05) is 41.8 Å². The second-order valence-electron chi connectivity index (χ2n) is 10.2. The van der Waals surface area contributed by atoms with Gasteiger partial charge in [-0.25, -0.2) is 9.97 Å². The predicted octanol–water partition coefficient (Wildman–Crippen LogP) is 8.30. The van der Waals surface area contributed by atoms with Crippen LogP contribution in [-0.4, -0.2) is 32.8 Å². The Morgan fingerprint density at radius 3 is 2.90 bits per heavy atom. The smallest absolute Gasteiger partial charge is 0.227 e. The highest BCUT2D eigenvalue weighted by molar-refractivity contribution is 7.80. The van der Waals surface area contributed by atoms with Crippen molar-refractivity contribution < 1.29 is 9.59 Å². The molecule has 39 heavy (non-hydrogen) atoms. The molecule has 3 aromatic rings. The van der Waals surface area contributed by atoms with E-state index >= 15 is 0 Å². The number of aromatic nitrogens is 3. The Labute approximate surface area is 240 Å². The van der Waals surface area contributed by atoms with E-state index in [4.69, 9.17) is 16.6 Å². The van der Waals surface area contributed by atoms with E-state index in [9.17, 15) is 9.59 Å². The molecule has 1 atom stereocenters. The van der Waals surface area contributed by atoms with Gasteiger partial charge in [0.15, 0.2) is 0 Å². The van der Waals surface area contributed by atoms with E-state index in [1.54, 1.807) is 24.4 Å². The van der Waals surface area contributed by atoms with Gasteiger partial charge in [0.25, 0.3) is 0 Å². The van der Waals surface area contributed by atoms with E-state index in [-0.39, 0.29) is 5.78 Å². The summed E-state index contributed by atoms with van der Waals surface area (Å²) in [6.45, 7) is 4.43. The Morgan fingerprint density at radius 2 is 2.10 bits per heavy atom. The average Bonchev–Trinajstić information content (AvgIpc) is 3.34. The van der Waals surface area contributed by atoms with Gasteiger partial charge in [0.1, 0.15) is 6.29 Å². The van der Waals surface area contributed by atoms with Crippen LogP contribution >= 0.6 is 24.2 Å². The third kappa shape index (κ3) is 7.93. The number of benzene rings is 1. The van der Waals surface area contributed by atoms with Crippen molar-refractivity contribution in [3.05, 3.63) is 76.2 Å². The minimum atomic E-state index is -0.139. The molecular formula is C31H35ClN4O2S. The van der Waals surface area contributed by atoms with Gasteiger partial charge >= 0.3 is 0 Å². The maximum absolute atomic E-state index is 13.0. The number of nitrogens with one attached hydrogen (secondary N) is 2. The summed E-state index contributed by atoms with van der Waals surface area (Å²) in [5.41, 5.74) is 6.39. The summed E-state index contributed by atoms with van der Waals surface area (Å²) in [5, 5.41) is 4.58. The first-order chi connectivity index (χ1) is 18.9. The molecule has 1 unspecified atom stereocenters. The first-order valence-corrected chi connectivity index (χ1v) is 14.4. The number of anilines is 2. The average molecular weight is 563 g/mol. The number of fused-ring (bicyclic) bond motifs is 1. The molecule has 2 aromatic heterocycles. The Balaban J connectivity index is 1.54. The Bertz CT molecular complexity index is 1440. The van der Waals surface area contributed by atoms with Crippen LogP contribution in [0.15, 0.2) is 59.8 Å². The van der Waals surface area contributed by atoms with Gasteiger partial charge in [0.2, 0.25) is 11.7 Å². The van der Waals surface area contributed by atoms with Crippen molar-refractivity contribution in [3.63, 3.8) is 0 Å². The normalized spacial score (nSPS) is 17.6. The van der Waals surface area contributed by atoms with Crippen LogP contribution in [0.25, 0.3) is 16.5 Å². The quantitative estimate of drug-likeness (QED) is 0.0719. The lowest BCUT2D eigenvalue weighted by Gasteiger charge is -2.15. The van der Waals surface area contributed by atoms with Crippen LogP contribution in [0.4, 0.5) is 11.6 Å². The summed E-state index contributed by atoms with van der Waals surface area (Å²) >= 11 is 10.9. The SMILES string of the molecule is CC1=CC(C)C/C=C(/c2ccnc(Nc3cc(Cl)c4[nH]c(C(=O)/C=C(\CCC=O)CCCS)cc4c3)n2)CC1. The number of aromatic amines is 1. The third-order valence-electron chi connectivity index (χ3n) is 6.85. The third-order valence-corrected chi connectivity index (χ3v) is 7.47. The van der Waals surface area contributed by atoms with Crippen molar-refractivity contribution in [2.24, 2.45) is 5.92 Å². The molecule has 0 spiro atoms. The van der Waals surface area contributed by atoms with Crippen LogP contribution < -0.4 is 5.32 Å². The van der Waals surface area contributed by atoms with Crippen LogP contribution in [-0.2, 0) is 4.79 Å². The van der Waals surface area contributed by atoms with Crippen molar-refractivity contribution in [1.82, 2.24) is 15.0 Å². The number of aldehydes is 1. The van der Waals surface area contributed by atoms with Crippen molar-refractivity contribution >= 4 is 64.4 Å². The summed E-state index contributed by atoms with van der Waals surface area (Å²) in [5.74, 6) is 1.59. The highest BCUT2D eigenvalue weighted by atomic mass is 35.5. The van der Waals surface area contributed by atoms with Crippen LogP contribution in [0.1, 0.15) is 75.0 Å². The number of H-pyrrole nitrogens is 1. The van der Waals surface area contributed by atoms with Gasteiger partial charge in [0.05, 0.1) is 21.9 Å². The number of hydrogen-bond acceptors (Lipinski definition) is 6. The number of carbonyl (C=O) groups is 2. The fraction of sp³-hybridized carbons (Fsp3) is 0.355. The van der Waals surface area contributed by atoms with Crippen LogP contribution in [0.3, 0.4) is 0 Å². The van der Waals surface area contributed by atoms with E-state index in [0.717, 1.165) is 66.5 Å². The molecule has 0 saturated heterocycles. The Morgan fingerprint density at radius 1 is 1.26 bits per heavy atom. The van der Waals surface area contributed by atoms with E-state index in [1.807, 2.05) is 12.1 Å². The molecular weight excluding hydrogens is 528 g/mol. The van der Waals surface area contributed by atoms with E-state index in [1.165, 1.54) is 11.1 Å². The highest BCUT2D eigenvalue weighted by Gasteiger charge is 2.14. The first-order valence-electron chi connectivity index (χ1n) is 13.4. The number of rotatable bonds is 11. The zero-order chi connectivity index (χ0) is 27.8. The molecule has 6 nitrogen and oxygen atoms in total. The maximum atomic E-state index is 13.0. The molecule has 0 radical (unpaired) electrons. The second-order valence-corrected chi connectivity index (χ2v) is 11.0. The number of hydrogen-bond donors (Lipinski definition) is 3. The van der Waals surface area contributed by atoms with E-state index in [2.05, 4.69) is 53.9 Å². The molecule has 1 aliphatic carbocycles. The zero-order valence-corrected chi connectivity index (χ0v) is 24.1. The van der Waals surface area contributed by atoms with Gasteiger partial charge in [-0.2, -0.15) is 12.6 Å². The molecule has 2 N–H and O–H groups in total. The monoisotopic (exact) mass is 562 g/mol. The van der Waals surface area contributed by atoms with Gasteiger partial charge in [-0.3, -0.25) is 4.79 Å². The number of ketones is 1. The molecule has 1 aliphatic rings. The molecule has 0 fully saturated rings. The lowest BCUT2D eigenvalue weighted by Crippen LogP contribution is -2.02. The first kappa shape index (κ1) is 28.8. The van der Waals surface area contributed by atoms with Crippen molar-refractivity contribution in [2.45, 2.75) is 58.8 Å². The lowest BCUT2D eigenvalue weighted by atomic mass is 9.93. The standard InChI is InChI=1S/C31H35ClN4O2S/c1-20-7-9-23(10-8-21(2)15-20)27-11-12-33-31(36-27)34-25-17-24-18-28(35-30(24)26(32)19-25)29(38)16-22(5-3-13-37)6-4-14-39/h9,11-13,15-20,35,39H,3-8,10,14H2,1-2H3,(H,33,34,36)/b21-15?,22-16+,23-9+. The topological polar surface area (TPSA) is 87.7 Å². The Kier molecular flexibility index (Phi) is 10.2. The minimum absolute atomic E-state index is 0.139. The summed E-state index contributed by atoms with van der Waals surface area (Å²) in [7, 11) is 0. The fourth-order valence-electron chi connectivity index (χ4n) is 4.85. The predicted molar refractivity (Wildman–Crippen MR) is 164 cm³/mol. The molecule has 2 heterocycles. The fourth-order valence-corrected chi connectivity index (χ4v) is 5.28. The molecule has 0 saturated carbocycles. The zero-order valence-electron chi connectivity index (χ0n) is 22.5. The number of thiol groups is 1. The summed E-state index contributed by atoms with van der Waals surface area (Å²) in [6, 6.07) is 7.48. The highest BCUT2D eigenvalue weighted by Crippen LogP contribution is 2.31. The molecule has 8 heteroatoms. The van der Waals surface area contributed by atoms with Crippen LogP contribution in [0, 0.1) is 5.92 Å². The molecule has 204 valence electrons. The van der Waals surface area contributed by atoms with E-state index < -0.39 is 0 Å². The van der Waals surface area contributed by atoms with Crippen molar-refractivity contribution in [1.29, 1.82) is 0 Å². The van der Waals surface area contributed by atoms with Crippen molar-refractivity contribution in [2.75, 3.05) is 11.1 Å². The maximum Gasteiger partial charge on any atom is 0.227 e. The molecule has 0 aliphatic heterocycles. The summed E-state index contributed by atoms with van der Waals surface area (Å²) in [6.07, 6.45) is 14.4. The van der Waals surface area contributed by atoms with Crippen molar-refractivity contribution in [3.8, 4) is 0 Å². The molecule has 1 aromatic carbocycles. The Hall–Kier alpha value is -3.16. The summed E-state index contributed by atoms with van der Waals surface area (Å²) in [4.78, 5) is 36.2. The number of halogens is 1. The molecule has 0 amide bonds. The van der Waals surface area contributed by atoms with Gasteiger partial charge < -0.3 is 15.1 Å². The van der Waals surface area contributed by atoms with Gasteiger partial charge in [-0.15, -0.1) is 0 Å².